The summed E-state index contributed by atoms with van der Waals surface area (Å²) in [4.78, 5) is 0. The normalized spacial score (nSPS) is 16.3. The van der Waals surface area contributed by atoms with Crippen LogP contribution in [0.4, 0.5) is 0 Å². The Morgan fingerprint density at radius 3 is 0.750 bits per heavy atom. The third-order valence-electron chi connectivity index (χ3n) is 19.6. The fourth-order valence-corrected chi connectivity index (χ4v) is 23.5. The molecule has 2 saturated carbocycles. The van der Waals surface area contributed by atoms with Gasteiger partial charge in [0.25, 0.3) is 0 Å². The van der Waals surface area contributed by atoms with Gasteiger partial charge in [0.15, 0.2) is 0 Å². The molecule has 14 aromatic rings. The van der Waals surface area contributed by atoms with Crippen LogP contribution in [0.3, 0.4) is 0 Å². The van der Waals surface area contributed by atoms with Crippen LogP contribution in [-0.2, 0) is 0 Å². The van der Waals surface area contributed by atoms with Crippen LogP contribution in [0, 0.1) is 0 Å². The number of rotatable bonds is 18. The van der Waals surface area contributed by atoms with Gasteiger partial charge in [-0.3, -0.25) is 10.2 Å². The SMILES string of the molecule is N[C@@H]1CCCC[C@H]1N.N[C@H](c1ccccc1)[C@H](N)c1ccccc1.c1ccc(P(N[C@@H]2CCCC[C@H]2NP(c2ccccc2)c2ccccc2)c2ccccc2)cc1.c1ccc(P(c2ccccc2)c2ccc3ccccc3c2-c2c(P(c3ccccc3)c3ccccc3)ccc3ccccc23)cc1. The predicted molar refractivity (Wildman–Crippen MR) is 456 cm³/mol. The Kier molecular flexibility index (Phi) is 26.6. The zero-order valence-corrected chi connectivity index (χ0v) is 62.6. The van der Waals surface area contributed by atoms with Gasteiger partial charge in [-0.15, -0.1) is 0 Å². The first-order valence-electron chi connectivity index (χ1n) is 36.6. The Balaban J connectivity index is 0.000000144. The first kappa shape index (κ1) is 73.4. The van der Waals surface area contributed by atoms with Gasteiger partial charge in [0.1, 0.15) is 0 Å². The highest BCUT2D eigenvalue weighted by Gasteiger charge is 2.32. The van der Waals surface area contributed by atoms with Gasteiger partial charge in [0.2, 0.25) is 0 Å². The zero-order chi connectivity index (χ0) is 71.1. The Morgan fingerprint density at radius 1 is 0.250 bits per heavy atom. The van der Waals surface area contributed by atoms with Crippen molar-refractivity contribution in [2.45, 2.75) is 87.6 Å². The Morgan fingerprint density at radius 2 is 0.481 bits per heavy atom. The molecule has 10 N–H and O–H groups in total. The molecule has 0 amide bonds. The van der Waals surface area contributed by atoms with E-state index in [-0.39, 0.29) is 24.2 Å². The molecule has 104 heavy (non-hydrogen) atoms. The molecule has 16 rings (SSSR count). The van der Waals surface area contributed by atoms with Gasteiger partial charge in [-0.2, -0.15) is 0 Å². The molecule has 0 bridgehead atoms. The van der Waals surface area contributed by atoms with Crippen LogP contribution < -0.4 is 86.2 Å². The summed E-state index contributed by atoms with van der Waals surface area (Å²) >= 11 is 0. The molecule has 2 aliphatic carbocycles. The van der Waals surface area contributed by atoms with Crippen LogP contribution in [0.1, 0.15) is 74.6 Å². The lowest BCUT2D eigenvalue weighted by Gasteiger charge is -2.38. The van der Waals surface area contributed by atoms with Crippen LogP contribution in [0.15, 0.2) is 376 Å². The standard InChI is InChI=1S/C44H32P2.C30H32N2P2.C14H16N2.C6H14N2/c1-5-19-35(20-6-1)45(36-21-7-2-8-22-36)41-31-29-33-17-13-15-27-39(33)43(41)44-40-28-16-14-18-34(40)30-32-42(44)46(37-23-9-3-10-24-37)38-25-11-4-12-26-38;1-5-15-25(16-6-1)33(26-17-7-2-8-18-26)31-29-23-13-14-24-30(29)32-34(27-19-9-3-10-20-27)28-21-11-4-12-22-28;15-13(11-7-3-1-4-8-11)14(16)12-9-5-2-6-10-12;7-5-3-1-2-4-6(5)8/h1-32H;1-12,15-22,29-32H,13-14,23-24H2;1-10,13-14H,15-16H2;5-6H,1-4,7-8H2/t;29-,30-;13-,14-;5-,6-/m.111/s1. The molecule has 0 radical (unpaired) electrons. The van der Waals surface area contributed by atoms with Gasteiger partial charge in [-0.05, 0) is 138 Å². The molecule has 10 heteroatoms. The van der Waals surface area contributed by atoms with E-state index in [1.807, 2.05) is 60.7 Å². The van der Waals surface area contributed by atoms with E-state index in [1.54, 1.807) is 0 Å². The van der Waals surface area contributed by atoms with E-state index in [0.717, 1.165) is 24.0 Å². The lowest BCUT2D eigenvalue weighted by molar-refractivity contribution is 0.351. The van der Waals surface area contributed by atoms with Crippen LogP contribution in [0.25, 0.3) is 32.7 Å². The third kappa shape index (κ3) is 18.8. The average Bonchev–Trinajstić information content (AvgIpc) is 0.736. The summed E-state index contributed by atoms with van der Waals surface area (Å²) in [6.45, 7) is 0. The van der Waals surface area contributed by atoms with E-state index in [0.29, 0.717) is 12.1 Å². The molecule has 14 aromatic carbocycles. The number of benzene rings is 14. The summed E-state index contributed by atoms with van der Waals surface area (Å²) in [7, 11) is -2.94. The molecule has 0 aromatic heterocycles. The van der Waals surface area contributed by atoms with Gasteiger partial charge in [0.05, 0.1) is 0 Å². The van der Waals surface area contributed by atoms with Crippen molar-refractivity contribution in [1.82, 2.24) is 10.2 Å². The van der Waals surface area contributed by atoms with Crippen molar-refractivity contribution in [3.63, 3.8) is 0 Å². The van der Waals surface area contributed by atoms with E-state index in [1.165, 1.54) is 124 Å². The lowest BCUT2D eigenvalue weighted by atomic mass is 9.92. The Labute approximate surface area is 621 Å². The molecule has 6 nitrogen and oxygen atoms in total. The Hall–Kier alpha value is -8.92. The van der Waals surface area contributed by atoms with Crippen molar-refractivity contribution in [3.05, 3.63) is 387 Å². The number of nitrogens with two attached hydrogens (primary N) is 4. The van der Waals surface area contributed by atoms with Crippen molar-refractivity contribution in [2.24, 2.45) is 22.9 Å². The molecule has 520 valence electrons. The summed E-state index contributed by atoms with van der Waals surface area (Å²) < 4.78 is 0. The Bertz CT molecular complexity index is 4380. The smallest absolute Gasteiger partial charge is 0.0491 e. The molecule has 0 heterocycles. The highest BCUT2D eigenvalue weighted by Crippen LogP contribution is 2.46. The minimum absolute atomic E-state index is 0.163. The molecule has 0 saturated heterocycles. The molecule has 0 unspecified atom stereocenters. The van der Waals surface area contributed by atoms with Crippen molar-refractivity contribution >= 4 is 107 Å². The van der Waals surface area contributed by atoms with E-state index >= 15 is 0 Å². The number of fused-ring (bicyclic) bond motifs is 2. The van der Waals surface area contributed by atoms with Crippen molar-refractivity contribution in [3.8, 4) is 11.1 Å². The summed E-state index contributed by atoms with van der Waals surface area (Å²) in [5, 5.41) is 27.2. The minimum atomic E-state index is -0.852. The van der Waals surface area contributed by atoms with Gasteiger partial charge < -0.3 is 22.9 Å². The van der Waals surface area contributed by atoms with Crippen molar-refractivity contribution < 1.29 is 0 Å². The second-order valence-electron chi connectivity index (χ2n) is 26.6. The van der Waals surface area contributed by atoms with Gasteiger partial charge >= 0.3 is 0 Å². The van der Waals surface area contributed by atoms with Crippen molar-refractivity contribution in [1.29, 1.82) is 0 Å². The molecular weight excluding hydrogens is 1340 g/mol. The molecule has 0 spiro atoms. The highest BCUT2D eigenvalue weighted by atomic mass is 31.1. The maximum atomic E-state index is 6.15. The summed E-state index contributed by atoms with van der Waals surface area (Å²) in [5.41, 5.74) is 28.4. The minimum Gasteiger partial charge on any atom is -0.326 e. The first-order valence-corrected chi connectivity index (χ1v) is 42.0. The summed E-state index contributed by atoms with van der Waals surface area (Å²) in [5.74, 6) is 0. The van der Waals surface area contributed by atoms with Gasteiger partial charge in [0, 0.05) is 52.4 Å². The molecule has 2 fully saturated rings. The molecular formula is C94H94N6P4. The number of nitrogens with one attached hydrogen (secondary N) is 2. The predicted octanol–water partition coefficient (Wildman–Crippen LogP) is 17.4. The van der Waals surface area contributed by atoms with Gasteiger partial charge in [-0.25, -0.2) is 0 Å². The lowest BCUT2D eigenvalue weighted by Crippen LogP contribution is -2.49. The third-order valence-corrected chi connectivity index (χ3v) is 29.1. The largest absolute Gasteiger partial charge is 0.326 e. The van der Waals surface area contributed by atoms with Crippen LogP contribution >= 0.6 is 32.0 Å². The van der Waals surface area contributed by atoms with E-state index in [2.05, 4.69) is 326 Å². The fraction of sp³-hybridized carbons (Fsp3) is 0.149. The maximum absolute atomic E-state index is 6.15. The number of hydrogen-bond acceptors (Lipinski definition) is 6. The van der Waals surface area contributed by atoms with E-state index < -0.39 is 32.0 Å². The number of hydrogen-bond donors (Lipinski definition) is 6. The van der Waals surface area contributed by atoms with Crippen LogP contribution in [-0.4, -0.2) is 24.2 Å². The average molecular weight is 1430 g/mol. The van der Waals surface area contributed by atoms with Crippen LogP contribution in [0.2, 0.25) is 0 Å². The summed E-state index contributed by atoms with van der Waals surface area (Å²) in [6.07, 6.45) is 9.80. The fourth-order valence-electron chi connectivity index (χ4n) is 14.2. The molecule has 6 atom stereocenters. The quantitative estimate of drug-likeness (QED) is 0.0475. The van der Waals surface area contributed by atoms with Gasteiger partial charge in [-0.1, -0.05) is 402 Å². The zero-order valence-electron chi connectivity index (χ0n) is 59.0. The van der Waals surface area contributed by atoms with E-state index in [4.69, 9.17) is 22.9 Å². The maximum Gasteiger partial charge on any atom is 0.0491 e. The molecule has 0 aliphatic heterocycles. The summed E-state index contributed by atoms with van der Waals surface area (Å²) in [6, 6.07) is 137. The topological polar surface area (TPSA) is 128 Å². The highest BCUT2D eigenvalue weighted by molar-refractivity contribution is 7.81. The van der Waals surface area contributed by atoms with Crippen molar-refractivity contribution in [2.75, 3.05) is 0 Å². The van der Waals surface area contributed by atoms with E-state index in [9.17, 15) is 0 Å². The first-order chi connectivity index (χ1) is 51.3. The monoisotopic (exact) mass is 1430 g/mol. The second-order valence-corrected chi connectivity index (χ2v) is 34.9. The second kappa shape index (κ2) is 37.7. The van der Waals surface area contributed by atoms with Crippen LogP contribution in [0.5, 0.6) is 0 Å². The molecule has 2 aliphatic rings.